The molecular weight excluding hydrogens is 464 g/mol. The summed E-state index contributed by atoms with van der Waals surface area (Å²) in [5.41, 5.74) is 4.06. The maximum absolute atomic E-state index is 12.6. The van der Waals surface area contributed by atoms with Gasteiger partial charge in [0.1, 0.15) is 27.7 Å². The van der Waals surface area contributed by atoms with Gasteiger partial charge in [-0.3, -0.25) is 4.79 Å². The fraction of sp³-hybridized carbons (Fsp3) is 0.154. The zero-order valence-corrected chi connectivity index (χ0v) is 20.4. The maximum Gasteiger partial charge on any atom is 0.225 e. The molecule has 2 heterocycles. The van der Waals surface area contributed by atoms with E-state index in [0.717, 1.165) is 33.2 Å². The highest BCUT2D eigenvalue weighted by Crippen LogP contribution is 2.35. The summed E-state index contributed by atoms with van der Waals surface area (Å²) >= 11 is 2.86. The minimum absolute atomic E-state index is 0.138. The van der Waals surface area contributed by atoms with Crippen molar-refractivity contribution in [2.24, 2.45) is 0 Å². The molecule has 4 rings (SSSR count). The van der Waals surface area contributed by atoms with E-state index in [-0.39, 0.29) is 5.91 Å². The summed E-state index contributed by atoms with van der Waals surface area (Å²) in [6.45, 7) is 1.86. The van der Waals surface area contributed by atoms with E-state index in [2.05, 4.69) is 21.4 Å². The number of nitrogens with zero attached hydrogens (tertiary/aromatic N) is 3. The number of amides is 1. The molecule has 0 aliphatic heterocycles. The fourth-order valence-electron chi connectivity index (χ4n) is 3.35. The van der Waals surface area contributed by atoms with Gasteiger partial charge in [0.15, 0.2) is 0 Å². The van der Waals surface area contributed by atoms with Gasteiger partial charge >= 0.3 is 0 Å². The van der Waals surface area contributed by atoms with E-state index in [0.29, 0.717) is 28.6 Å². The Bertz CT molecular complexity index is 1330. The number of anilines is 1. The Kier molecular flexibility index (Phi) is 7.58. The lowest BCUT2D eigenvalue weighted by Crippen LogP contribution is -2.12. The van der Waals surface area contributed by atoms with Crippen LogP contribution >= 0.6 is 23.1 Å². The number of hydrogen-bond donors (Lipinski definition) is 1. The van der Waals surface area contributed by atoms with Gasteiger partial charge in [0.2, 0.25) is 5.91 Å². The molecule has 6 nitrogen and oxygen atoms in total. The molecule has 2 aromatic carbocycles. The Hall–Kier alpha value is -3.67. The number of ether oxygens (including phenoxy) is 1. The summed E-state index contributed by atoms with van der Waals surface area (Å²) in [7, 11) is 1.61. The van der Waals surface area contributed by atoms with Crippen LogP contribution in [0.5, 0.6) is 5.75 Å². The van der Waals surface area contributed by atoms with Gasteiger partial charge in [-0.1, -0.05) is 42.5 Å². The van der Waals surface area contributed by atoms with Crippen molar-refractivity contribution >= 4 is 34.0 Å². The number of aryl methyl sites for hydroxylation is 1. The third-order valence-electron chi connectivity index (χ3n) is 5.02. The third-order valence-corrected chi connectivity index (χ3v) is 6.83. The number of hydrogen-bond acceptors (Lipinski definition) is 7. The predicted molar refractivity (Wildman–Crippen MR) is 137 cm³/mol. The molecule has 170 valence electrons. The lowest BCUT2D eigenvalue weighted by Gasteiger charge is -2.07. The highest BCUT2D eigenvalue weighted by atomic mass is 32.2. The molecule has 0 bridgehead atoms. The van der Waals surface area contributed by atoms with Gasteiger partial charge in [0, 0.05) is 28.7 Å². The number of benzene rings is 2. The van der Waals surface area contributed by atoms with E-state index in [1.54, 1.807) is 7.11 Å². The first-order chi connectivity index (χ1) is 16.6. The summed E-state index contributed by atoms with van der Waals surface area (Å²) in [5, 5.41) is 15.9. The van der Waals surface area contributed by atoms with Crippen LogP contribution in [-0.4, -0.2) is 28.7 Å². The second-order valence-electron chi connectivity index (χ2n) is 7.35. The monoisotopic (exact) mass is 486 g/mol. The number of carbonyl (C=O) groups excluding carboxylic acids is 1. The molecule has 0 saturated heterocycles. The molecule has 1 amide bonds. The first-order valence-electron chi connectivity index (χ1n) is 10.6. The van der Waals surface area contributed by atoms with Crippen LogP contribution in [0.2, 0.25) is 0 Å². The largest absolute Gasteiger partial charge is 0.497 e. The Balaban J connectivity index is 1.38. The van der Waals surface area contributed by atoms with E-state index in [4.69, 9.17) is 4.74 Å². The molecule has 0 radical (unpaired) electrons. The number of carbonyl (C=O) groups is 1. The van der Waals surface area contributed by atoms with Crippen LogP contribution < -0.4 is 10.1 Å². The van der Waals surface area contributed by atoms with Gasteiger partial charge in [-0.2, -0.15) is 5.26 Å². The van der Waals surface area contributed by atoms with E-state index in [1.165, 1.54) is 23.1 Å². The van der Waals surface area contributed by atoms with Crippen molar-refractivity contribution in [3.63, 3.8) is 0 Å². The van der Waals surface area contributed by atoms with Crippen molar-refractivity contribution in [2.45, 2.75) is 18.4 Å². The molecule has 8 heteroatoms. The molecule has 0 unspecified atom stereocenters. The Morgan fingerprint density at radius 1 is 1.12 bits per heavy atom. The van der Waals surface area contributed by atoms with Crippen molar-refractivity contribution < 1.29 is 9.53 Å². The van der Waals surface area contributed by atoms with Gasteiger partial charge in [0.25, 0.3) is 0 Å². The molecule has 34 heavy (non-hydrogen) atoms. The van der Waals surface area contributed by atoms with Crippen LogP contribution in [0.15, 0.2) is 71.1 Å². The highest BCUT2D eigenvalue weighted by molar-refractivity contribution is 7.99. The van der Waals surface area contributed by atoms with Crippen molar-refractivity contribution in [1.29, 1.82) is 5.26 Å². The van der Waals surface area contributed by atoms with Gasteiger partial charge in [-0.25, -0.2) is 9.97 Å². The average Bonchev–Trinajstić information content (AvgIpc) is 3.26. The minimum atomic E-state index is -0.138. The zero-order valence-electron chi connectivity index (χ0n) is 18.7. The highest BCUT2D eigenvalue weighted by Gasteiger charge is 2.16. The number of nitriles is 1. The molecule has 0 saturated carbocycles. The number of aromatic nitrogens is 2. The normalized spacial score (nSPS) is 10.5. The molecule has 4 aromatic rings. The van der Waals surface area contributed by atoms with Crippen molar-refractivity contribution in [2.75, 3.05) is 18.2 Å². The van der Waals surface area contributed by atoms with E-state index in [9.17, 15) is 10.1 Å². The van der Waals surface area contributed by atoms with Gasteiger partial charge in [-0.15, -0.1) is 23.1 Å². The lowest BCUT2D eigenvalue weighted by atomic mass is 10.0. The molecule has 0 atom stereocenters. The topological polar surface area (TPSA) is 87.9 Å². The SMILES string of the molecule is COc1ccc(-c2csc(NC(=O)CCSc3cc(-c4ccccc4)nc(C)n3)c2C#N)cc1. The molecule has 0 aliphatic carbocycles. The average molecular weight is 487 g/mol. The van der Waals surface area contributed by atoms with Crippen LogP contribution in [0.3, 0.4) is 0 Å². The molecule has 0 spiro atoms. The first kappa shape index (κ1) is 23.5. The Morgan fingerprint density at radius 2 is 1.88 bits per heavy atom. The van der Waals surface area contributed by atoms with Gasteiger partial charge < -0.3 is 10.1 Å². The minimum Gasteiger partial charge on any atom is -0.497 e. The summed E-state index contributed by atoms with van der Waals surface area (Å²) in [6.07, 6.45) is 0.301. The maximum atomic E-state index is 12.6. The predicted octanol–water partition coefficient (Wildman–Crippen LogP) is 6.18. The van der Waals surface area contributed by atoms with Gasteiger partial charge in [-0.05, 0) is 30.7 Å². The summed E-state index contributed by atoms with van der Waals surface area (Å²) in [5.74, 6) is 1.87. The fourth-order valence-corrected chi connectivity index (χ4v) is 5.18. The molecule has 1 N–H and O–H groups in total. The molecule has 2 aromatic heterocycles. The number of rotatable bonds is 8. The standard InChI is InChI=1S/C26H22N4O2S2/c1-17-28-23(19-6-4-3-5-7-19)14-25(29-17)33-13-12-24(31)30-26-21(15-27)22(16-34-26)18-8-10-20(32-2)11-9-18/h3-11,14,16H,12-13H2,1-2H3,(H,30,31). The second-order valence-corrected chi connectivity index (χ2v) is 9.34. The molecule has 0 fully saturated rings. The van der Waals surface area contributed by atoms with Crippen LogP contribution in [0.1, 0.15) is 17.8 Å². The number of thiophene rings is 1. The Labute approximate surface area is 206 Å². The smallest absolute Gasteiger partial charge is 0.225 e. The Morgan fingerprint density at radius 3 is 2.59 bits per heavy atom. The second kappa shape index (κ2) is 11.0. The molecule has 0 aliphatic rings. The zero-order chi connectivity index (χ0) is 23.9. The summed E-state index contributed by atoms with van der Waals surface area (Å²) in [6, 6.07) is 21.6. The van der Waals surface area contributed by atoms with Crippen molar-refractivity contribution in [1.82, 2.24) is 9.97 Å². The quantitative estimate of drug-likeness (QED) is 0.236. The first-order valence-corrected chi connectivity index (χ1v) is 12.4. The number of methoxy groups -OCH3 is 1. The summed E-state index contributed by atoms with van der Waals surface area (Å²) in [4.78, 5) is 21.6. The third kappa shape index (κ3) is 5.63. The van der Waals surface area contributed by atoms with E-state index in [1.807, 2.05) is 73.0 Å². The lowest BCUT2D eigenvalue weighted by molar-refractivity contribution is -0.115. The van der Waals surface area contributed by atoms with E-state index >= 15 is 0 Å². The van der Waals surface area contributed by atoms with Crippen LogP contribution in [0.25, 0.3) is 22.4 Å². The number of nitrogens with one attached hydrogen (secondary N) is 1. The van der Waals surface area contributed by atoms with Crippen molar-refractivity contribution in [3.05, 3.63) is 77.4 Å². The van der Waals surface area contributed by atoms with Crippen LogP contribution in [0.4, 0.5) is 5.00 Å². The van der Waals surface area contributed by atoms with Crippen LogP contribution in [-0.2, 0) is 4.79 Å². The van der Waals surface area contributed by atoms with E-state index < -0.39 is 0 Å². The van der Waals surface area contributed by atoms with Crippen molar-refractivity contribution in [3.8, 4) is 34.2 Å². The molecular formula is C26H22N4O2S2. The van der Waals surface area contributed by atoms with Crippen LogP contribution in [0, 0.1) is 18.3 Å². The number of thioether (sulfide) groups is 1. The van der Waals surface area contributed by atoms with Gasteiger partial charge in [0.05, 0.1) is 18.4 Å². The summed E-state index contributed by atoms with van der Waals surface area (Å²) < 4.78 is 5.20.